The van der Waals surface area contributed by atoms with Crippen LogP contribution in [0.15, 0.2) is 48.5 Å². The molecule has 0 aliphatic carbocycles. The summed E-state index contributed by atoms with van der Waals surface area (Å²) in [6.07, 6.45) is 0.368. The lowest BCUT2D eigenvalue weighted by Crippen LogP contribution is -2.29. The maximum absolute atomic E-state index is 12.4. The van der Waals surface area contributed by atoms with Crippen LogP contribution in [0.1, 0.15) is 30.5 Å². The molecule has 142 valence electrons. The van der Waals surface area contributed by atoms with Gasteiger partial charge >= 0.3 is 0 Å². The summed E-state index contributed by atoms with van der Waals surface area (Å²) in [6.45, 7) is 1.41. The number of carbonyl (C=O) groups is 3. The molecule has 0 radical (unpaired) electrons. The lowest BCUT2D eigenvalue weighted by molar-refractivity contribution is -0.121. The molecule has 0 heterocycles. The largest absolute Gasteiger partial charge is 0.359 e. The molecule has 0 bridgehead atoms. The van der Waals surface area contributed by atoms with Crippen molar-refractivity contribution in [3.63, 3.8) is 0 Å². The van der Waals surface area contributed by atoms with Gasteiger partial charge in [0.25, 0.3) is 0 Å². The summed E-state index contributed by atoms with van der Waals surface area (Å²) in [6, 6.07) is 13.6. The zero-order valence-corrected chi connectivity index (χ0v) is 16.0. The van der Waals surface area contributed by atoms with E-state index in [2.05, 4.69) is 16.0 Å². The van der Waals surface area contributed by atoms with Crippen molar-refractivity contribution in [3.05, 3.63) is 64.7 Å². The van der Waals surface area contributed by atoms with Crippen molar-refractivity contribution in [2.24, 2.45) is 0 Å². The van der Waals surface area contributed by atoms with E-state index in [1.807, 2.05) is 0 Å². The smallest absolute Gasteiger partial charge is 0.226 e. The van der Waals surface area contributed by atoms with E-state index >= 15 is 0 Å². The zero-order chi connectivity index (χ0) is 19.8. The first kappa shape index (κ1) is 20.5. The van der Waals surface area contributed by atoms with Gasteiger partial charge in [0.05, 0.1) is 18.9 Å². The van der Waals surface area contributed by atoms with E-state index in [0.717, 1.165) is 11.1 Å². The van der Waals surface area contributed by atoms with Crippen LogP contribution in [0.5, 0.6) is 0 Å². The molecule has 0 saturated heterocycles. The van der Waals surface area contributed by atoms with Crippen LogP contribution in [-0.2, 0) is 20.8 Å². The first-order valence-electron chi connectivity index (χ1n) is 8.49. The molecule has 1 unspecified atom stereocenters. The van der Waals surface area contributed by atoms with Crippen LogP contribution < -0.4 is 16.0 Å². The normalized spacial score (nSPS) is 11.4. The van der Waals surface area contributed by atoms with E-state index < -0.39 is 6.04 Å². The monoisotopic (exact) mass is 387 g/mol. The molecule has 0 aliphatic heterocycles. The number of benzene rings is 2. The minimum Gasteiger partial charge on any atom is -0.359 e. The highest BCUT2D eigenvalue weighted by Gasteiger charge is 2.17. The third kappa shape index (κ3) is 6.75. The molecule has 0 saturated carbocycles. The molecule has 7 heteroatoms. The summed E-state index contributed by atoms with van der Waals surface area (Å²) in [5.74, 6) is -0.531. The Kier molecular flexibility index (Phi) is 7.37. The van der Waals surface area contributed by atoms with Crippen LogP contribution in [0.2, 0.25) is 5.02 Å². The minimum absolute atomic E-state index is 0.0760. The second-order valence-electron chi connectivity index (χ2n) is 6.10. The summed E-state index contributed by atoms with van der Waals surface area (Å²) >= 11 is 5.90. The van der Waals surface area contributed by atoms with E-state index in [1.165, 1.54) is 6.92 Å². The van der Waals surface area contributed by atoms with Gasteiger partial charge in [-0.3, -0.25) is 14.4 Å². The Morgan fingerprint density at radius 2 is 1.59 bits per heavy atom. The fourth-order valence-corrected chi connectivity index (χ4v) is 2.70. The van der Waals surface area contributed by atoms with Gasteiger partial charge in [-0.25, -0.2) is 0 Å². The standard InChI is InChI=1S/C20H22ClN3O3/c1-13(25)23-18(15-5-7-16(21)8-6-15)12-20(27)24-17-9-3-14(4-10-17)11-19(26)22-2/h3-10,18H,11-12H2,1-2H3,(H,22,26)(H,23,25)(H,24,27). The molecule has 2 aromatic carbocycles. The fraction of sp³-hybridized carbons (Fsp3) is 0.250. The molecule has 3 amide bonds. The molecular formula is C20H22ClN3O3. The molecule has 3 N–H and O–H groups in total. The highest BCUT2D eigenvalue weighted by Crippen LogP contribution is 2.20. The van der Waals surface area contributed by atoms with Gasteiger partial charge in [-0.2, -0.15) is 0 Å². The predicted molar refractivity (Wildman–Crippen MR) is 105 cm³/mol. The van der Waals surface area contributed by atoms with E-state index in [0.29, 0.717) is 10.7 Å². The molecule has 0 fully saturated rings. The van der Waals surface area contributed by atoms with Crippen molar-refractivity contribution in [2.75, 3.05) is 12.4 Å². The SMILES string of the molecule is CNC(=O)Cc1ccc(NC(=O)CC(NC(C)=O)c2ccc(Cl)cc2)cc1. The predicted octanol–water partition coefficient (Wildman–Crippen LogP) is 2.83. The first-order chi connectivity index (χ1) is 12.9. The second kappa shape index (κ2) is 9.73. The van der Waals surface area contributed by atoms with E-state index in [9.17, 15) is 14.4 Å². The molecule has 27 heavy (non-hydrogen) atoms. The Bertz CT molecular complexity index is 804. The maximum Gasteiger partial charge on any atom is 0.226 e. The van der Waals surface area contributed by atoms with Crippen molar-refractivity contribution < 1.29 is 14.4 Å². The van der Waals surface area contributed by atoms with Gasteiger partial charge in [0.2, 0.25) is 17.7 Å². The van der Waals surface area contributed by atoms with Gasteiger partial charge in [0.1, 0.15) is 0 Å². The zero-order valence-electron chi connectivity index (χ0n) is 15.2. The number of rotatable bonds is 7. The van der Waals surface area contributed by atoms with Crippen LogP contribution in [-0.4, -0.2) is 24.8 Å². The van der Waals surface area contributed by atoms with Crippen LogP contribution in [0.3, 0.4) is 0 Å². The first-order valence-corrected chi connectivity index (χ1v) is 8.87. The number of halogens is 1. The second-order valence-corrected chi connectivity index (χ2v) is 6.54. The number of anilines is 1. The number of likely N-dealkylation sites (N-methyl/N-ethyl adjacent to an activating group) is 1. The Morgan fingerprint density at radius 3 is 2.15 bits per heavy atom. The van der Waals surface area contributed by atoms with Crippen molar-refractivity contribution >= 4 is 35.0 Å². The Balaban J connectivity index is 2.01. The van der Waals surface area contributed by atoms with Gasteiger partial charge in [-0.1, -0.05) is 35.9 Å². The lowest BCUT2D eigenvalue weighted by Gasteiger charge is -2.18. The fourth-order valence-electron chi connectivity index (χ4n) is 2.57. The molecule has 2 rings (SSSR count). The van der Waals surface area contributed by atoms with E-state index in [4.69, 9.17) is 11.6 Å². The molecule has 0 aromatic heterocycles. The molecular weight excluding hydrogens is 366 g/mol. The third-order valence-corrected chi connectivity index (χ3v) is 4.17. The Morgan fingerprint density at radius 1 is 0.963 bits per heavy atom. The Labute approximate surface area is 163 Å². The Hall–Kier alpha value is -2.86. The summed E-state index contributed by atoms with van der Waals surface area (Å²) in [4.78, 5) is 35.3. The average molecular weight is 388 g/mol. The summed E-state index contributed by atoms with van der Waals surface area (Å²) in [5.41, 5.74) is 2.27. The number of nitrogens with one attached hydrogen (secondary N) is 3. The minimum atomic E-state index is -0.452. The highest BCUT2D eigenvalue weighted by molar-refractivity contribution is 6.30. The van der Waals surface area contributed by atoms with Crippen LogP contribution >= 0.6 is 11.6 Å². The van der Waals surface area contributed by atoms with Gasteiger partial charge in [-0.15, -0.1) is 0 Å². The van der Waals surface area contributed by atoms with Gasteiger partial charge < -0.3 is 16.0 Å². The number of carbonyl (C=O) groups excluding carboxylic acids is 3. The number of hydrogen-bond acceptors (Lipinski definition) is 3. The topological polar surface area (TPSA) is 87.3 Å². The van der Waals surface area contributed by atoms with Gasteiger partial charge in [0, 0.05) is 24.7 Å². The van der Waals surface area contributed by atoms with Crippen LogP contribution in [0.25, 0.3) is 0 Å². The summed E-state index contributed by atoms with van der Waals surface area (Å²) < 4.78 is 0. The maximum atomic E-state index is 12.4. The van der Waals surface area contributed by atoms with Crippen LogP contribution in [0.4, 0.5) is 5.69 Å². The number of amides is 3. The summed E-state index contributed by atoms with van der Waals surface area (Å²) in [5, 5.41) is 8.74. The van der Waals surface area contributed by atoms with Crippen molar-refractivity contribution in [1.29, 1.82) is 0 Å². The molecule has 2 aromatic rings. The van der Waals surface area contributed by atoms with Crippen molar-refractivity contribution in [2.45, 2.75) is 25.8 Å². The number of hydrogen-bond donors (Lipinski definition) is 3. The molecule has 0 aliphatic rings. The quantitative estimate of drug-likeness (QED) is 0.682. The van der Waals surface area contributed by atoms with E-state index in [-0.39, 0.29) is 30.6 Å². The lowest BCUT2D eigenvalue weighted by atomic mass is 10.0. The van der Waals surface area contributed by atoms with Crippen LogP contribution in [0, 0.1) is 0 Å². The third-order valence-electron chi connectivity index (χ3n) is 3.92. The van der Waals surface area contributed by atoms with Gasteiger partial charge in [-0.05, 0) is 35.4 Å². The van der Waals surface area contributed by atoms with Crippen molar-refractivity contribution in [3.8, 4) is 0 Å². The summed E-state index contributed by atoms with van der Waals surface area (Å²) in [7, 11) is 1.59. The molecule has 0 spiro atoms. The molecule has 1 atom stereocenters. The van der Waals surface area contributed by atoms with E-state index in [1.54, 1.807) is 55.6 Å². The highest BCUT2D eigenvalue weighted by atomic mass is 35.5. The van der Waals surface area contributed by atoms with Gasteiger partial charge in [0.15, 0.2) is 0 Å². The molecule has 6 nitrogen and oxygen atoms in total. The van der Waals surface area contributed by atoms with Crippen molar-refractivity contribution in [1.82, 2.24) is 10.6 Å². The average Bonchev–Trinajstić information content (AvgIpc) is 2.63.